The van der Waals surface area contributed by atoms with Gasteiger partial charge in [0.05, 0.1) is 0 Å². The van der Waals surface area contributed by atoms with E-state index in [0.29, 0.717) is 5.41 Å². The molecule has 0 amide bonds. The Kier molecular flexibility index (Phi) is 3.41. The van der Waals surface area contributed by atoms with Crippen molar-refractivity contribution in [2.45, 2.75) is 53.0 Å². The van der Waals surface area contributed by atoms with Gasteiger partial charge in [0.2, 0.25) is 0 Å². The van der Waals surface area contributed by atoms with Crippen molar-refractivity contribution in [3.05, 3.63) is 12.2 Å². The van der Waals surface area contributed by atoms with E-state index < -0.39 is 0 Å². The summed E-state index contributed by atoms with van der Waals surface area (Å²) in [7, 11) is 0. The fourth-order valence-corrected chi connectivity index (χ4v) is 1.89. The Morgan fingerprint density at radius 1 is 1.21 bits per heavy atom. The molecular weight excluding hydrogens is 170 g/mol. The number of nitrogens with one attached hydrogen (secondary N) is 1. The van der Waals surface area contributed by atoms with Crippen LogP contribution in [0.25, 0.3) is 0 Å². The second-order valence-corrected chi connectivity index (χ2v) is 5.20. The highest BCUT2D eigenvalue weighted by atomic mass is 15.0. The summed E-state index contributed by atoms with van der Waals surface area (Å²) in [5.41, 5.74) is 0.589. The average Bonchev–Trinajstić information content (AvgIpc) is 2.22. The van der Waals surface area contributed by atoms with Gasteiger partial charge in [-0.15, -0.1) is 0 Å². The van der Waals surface area contributed by atoms with Gasteiger partial charge in [0.15, 0.2) is 0 Å². The fraction of sp³-hybridized carbons (Fsp3) is 0.846. The summed E-state index contributed by atoms with van der Waals surface area (Å²) in [6, 6.07) is 0. The molecule has 1 rings (SSSR count). The highest BCUT2D eigenvalue weighted by Gasteiger charge is 2.45. The summed E-state index contributed by atoms with van der Waals surface area (Å²) in [4.78, 5) is 0. The molecule has 0 aromatic rings. The molecule has 14 heavy (non-hydrogen) atoms. The zero-order chi connectivity index (χ0) is 10.8. The molecule has 1 nitrogen and oxygen atoms in total. The van der Waals surface area contributed by atoms with Gasteiger partial charge in [-0.3, -0.25) is 0 Å². The third-order valence-corrected chi connectivity index (χ3v) is 4.22. The maximum atomic E-state index is 3.70. The van der Waals surface area contributed by atoms with E-state index in [1.807, 2.05) is 0 Å². The molecule has 1 heteroatoms. The SMILES string of the molecule is CCC(C)CNC1(C)C=CC1(C)CC. The molecule has 0 aromatic carbocycles. The van der Waals surface area contributed by atoms with E-state index in [4.69, 9.17) is 0 Å². The van der Waals surface area contributed by atoms with Crippen LogP contribution in [0.15, 0.2) is 12.2 Å². The van der Waals surface area contributed by atoms with Gasteiger partial charge in [-0.25, -0.2) is 0 Å². The van der Waals surface area contributed by atoms with Crippen LogP contribution in [0.3, 0.4) is 0 Å². The fourth-order valence-electron chi connectivity index (χ4n) is 1.89. The van der Waals surface area contributed by atoms with E-state index in [1.165, 1.54) is 12.8 Å². The van der Waals surface area contributed by atoms with Crippen molar-refractivity contribution in [2.75, 3.05) is 6.54 Å². The molecule has 0 spiro atoms. The summed E-state index contributed by atoms with van der Waals surface area (Å²) in [5, 5.41) is 3.70. The van der Waals surface area contributed by atoms with Crippen LogP contribution in [0.2, 0.25) is 0 Å². The van der Waals surface area contributed by atoms with Crippen LogP contribution in [0.5, 0.6) is 0 Å². The van der Waals surface area contributed by atoms with Gasteiger partial charge in [-0.05, 0) is 25.8 Å². The Bertz CT molecular complexity index is 221. The quantitative estimate of drug-likeness (QED) is 0.663. The van der Waals surface area contributed by atoms with Gasteiger partial charge in [-0.1, -0.05) is 46.3 Å². The maximum absolute atomic E-state index is 3.70. The van der Waals surface area contributed by atoms with E-state index in [1.54, 1.807) is 0 Å². The molecule has 1 aliphatic rings. The van der Waals surface area contributed by atoms with Gasteiger partial charge < -0.3 is 5.32 Å². The molecule has 0 aromatic heterocycles. The zero-order valence-electron chi connectivity index (χ0n) is 10.4. The zero-order valence-corrected chi connectivity index (χ0v) is 10.4. The normalized spacial score (nSPS) is 38.1. The number of rotatable bonds is 5. The second-order valence-electron chi connectivity index (χ2n) is 5.20. The standard InChI is InChI=1S/C13H25N/c1-6-11(3)10-14-13(5)9-8-12(13,4)7-2/h8-9,11,14H,6-7,10H2,1-5H3. The highest BCUT2D eigenvalue weighted by Crippen LogP contribution is 2.44. The minimum atomic E-state index is 0.227. The molecule has 1 N–H and O–H groups in total. The molecule has 3 atom stereocenters. The van der Waals surface area contributed by atoms with Crippen LogP contribution in [-0.4, -0.2) is 12.1 Å². The van der Waals surface area contributed by atoms with Crippen LogP contribution in [0.1, 0.15) is 47.5 Å². The van der Waals surface area contributed by atoms with E-state index in [9.17, 15) is 0 Å². The minimum absolute atomic E-state index is 0.227. The lowest BCUT2D eigenvalue weighted by atomic mass is 9.61. The van der Waals surface area contributed by atoms with Crippen molar-refractivity contribution in [1.29, 1.82) is 0 Å². The van der Waals surface area contributed by atoms with Gasteiger partial charge in [-0.2, -0.15) is 0 Å². The van der Waals surface area contributed by atoms with Crippen molar-refractivity contribution in [3.8, 4) is 0 Å². The lowest BCUT2D eigenvalue weighted by Gasteiger charge is -2.50. The molecule has 0 saturated heterocycles. The Labute approximate surface area is 89.0 Å². The Hall–Kier alpha value is -0.300. The van der Waals surface area contributed by atoms with Gasteiger partial charge in [0.1, 0.15) is 0 Å². The number of hydrogen-bond acceptors (Lipinski definition) is 1. The first-order valence-electron chi connectivity index (χ1n) is 5.93. The third kappa shape index (κ3) is 1.88. The molecular formula is C13H25N. The maximum Gasteiger partial charge on any atom is 0.0425 e. The van der Waals surface area contributed by atoms with Crippen molar-refractivity contribution in [2.24, 2.45) is 11.3 Å². The molecule has 0 radical (unpaired) electrons. The monoisotopic (exact) mass is 195 g/mol. The summed E-state index contributed by atoms with van der Waals surface area (Å²) in [6.07, 6.45) is 7.14. The molecule has 0 bridgehead atoms. The minimum Gasteiger partial charge on any atom is -0.307 e. The highest BCUT2D eigenvalue weighted by molar-refractivity contribution is 5.29. The van der Waals surface area contributed by atoms with E-state index in [2.05, 4.69) is 52.1 Å². The predicted octanol–water partition coefficient (Wildman–Crippen LogP) is 3.37. The molecule has 0 heterocycles. The van der Waals surface area contributed by atoms with Crippen molar-refractivity contribution < 1.29 is 0 Å². The molecule has 0 aliphatic heterocycles. The average molecular weight is 195 g/mol. The van der Waals surface area contributed by atoms with Gasteiger partial charge in [0, 0.05) is 11.0 Å². The second kappa shape index (κ2) is 4.06. The molecule has 82 valence electrons. The van der Waals surface area contributed by atoms with Crippen molar-refractivity contribution >= 4 is 0 Å². The van der Waals surface area contributed by atoms with Gasteiger partial charge in [0.25, 0.3) is 0 Å². The molecule has 0 fully saturated rings. The Morgan fingerprint density at radius 2 is 1.86 bits per heavy atom. The Morgan fingerprint density at radius 3 is 2.21 bits per heavy atom. The van der Waals surface area contributed by atoms with Crippen molar-refractivity contribution in [1.82, 2.24) is 5.32 Å². The molecule has 0 saturated carbocycles. The van der Waals surface area contributed by atoms with Crippen LogP contribution in [0.4, 0.5) is 0 Å². The summed E-state index contributed by atoms with van der Waals surface area (Å²) in [5.74, 6) is 0.780. The largest absolute Gasteiger partial charge is 0.307 e. The lowest BCUT2D eigenvalue weighted by Crippen LogP contribution is -2.58. The summed E-state index contributed by atoms with van der Waals surface area (Å²) >= 11 is 0. The first-order chi connectivity index (χ1) is 6.47. The van der Waals surface area contributed by atoms with Crippen LogP contribution in [0, 0.1) is 11.3 Å². The van der Waals surface area contributed by atoms with Crippen LogP contribution in [-0.2, 0) is 0 Å². The lowest BCUT2D eigenvalue weighted by molar-refractivity contribution is 0.169. The van der Waals surface area contributed by atoms with E-state index in [-0.39, 0.29) is 5.54 Å². The summed E-state index contributed by atoms with van der Waals surface area (Å²) in [6.45, 7) is 12.6. The first kappa shape index (κ1) is 11.8. The first-order valence-corrected chi connectivity index (χ1v) is 5.93. The summed E-state index contributed by atoms with van der Waals surface area (Å²) < 4.78 is 0. The third-order valence-electron chi connectivity index (χ3n) is 4.22. The van der Waals surface area contributed by atoms with E-state index >= 15 is 0 Å². The van der Waals surface area contributed by atoms with Gasteiger partial charge >= 0.3 is 0 Å². The Balaban J connectivity index is 2.49. The van der Waals surface area contributed by atoms with Crippen molar-refractivity contribution in [3.63, 3.8) is 0 Å². The van der Waals surface area contributed by atoms with E-state index in [0.717, 1.165) is 12.5 Å². The predicted molar refractivity (Wildman–Crippen MR) is 63.4 cm³/mol. The smallest absolute Gasteiger partial charge is 0.0425 e. The van der Waals surface area contributed by atoms with Crippen LogP contribution >= 0.6 is 0 Å². The topological polar surface area (TPSA) is 12.0 Å². The number of hydrogen-bond donors (Lipinski definition) is 1. The molecule has 1 aliphatic carbocycles. The van der Waals surface area contributed by atoms with Crippen LogP contribution < -0.4 is 5.32 Å². The molecule has 3 unspecified atom stereocenters.